The van der Waals surface area contributed by atoms with Gasteiger partial charge in [0.15, 0.2) is 0 Å². The van der Waals surface area contributed by atoms with Crippen LogP contribution in [-0.4, -0.2) is 22.1 Å². The Morgan fingerprint density at radius 3 is 1.90 bits per heavy atom. The van der Waals surface area contributed by atoms with E-state index >= 15 is 0 Å². The Kier molecular flexibility index (Phi) is 14.0. The lowest BCUT2D eigenvalue weighted by Gasteiger charge is -2.13. The molecule has 0 spiro atoms. The van der Waals surface area contributed by atoms with Crippen LogP contribution in [0.25, 0.3) is 0 Å². The summed E-state index contributed by atoms with van der Waals surface area (Å²) in [5, 5.41) is 22.2. The van der Waals surface area contributed by atoms with E-state index in [0.717, 1.165) is 25.0 Å². The highest BCUT2D eigenvalue weighted by atomic mass is 16.4. The van der Waals surface area contributed by atoms with Crippen molar-refractivity contribution in [3.05, 3.63) is 0 Å². The topological polar surface area (TPSA) is 52.8 Å². The number of aliphatic hydroxyl groups is 1. The predicted octanol–water partition coefficient (Wildman–Crippen LogP) is 5.53. The van der Waals surface area contributed by atoms with Crippen molar-refractivity contribution in [2.45, 2.75) is 104 Å². The fourth-order valence-electron chi connectivity index (χ4n) is 2.73. The SMILES string of the molecule is CCCCCCCCCCC/C(CC(O)CC(C)C)=N\O. The lowest BCUT2D eigenvalue weighted by Crippen LogP contribution is -2.15. The van der Waals surface area contributed by atoms with Gasteiger partial charge in [-0.25, -0.2) is 0 Å². The summed E-state index contributed by atoms with van der Waals surface area (Å²) in [7, 11) is 0. The van der Waals surface area contributed by atoms with Gasteiger partial charge in [0.2, 0.25) is 0 Å². The van der Waals surface area contributed by atoms with E-state index in [4.69, 9.17) is 5.21 Å². The van der Waals surface area contributed by atoms with Gasteiger partial charge in [-0.1, -0.05) is 77.3 Å². The molecule has 3 heteroatoms. The number of aliphatic hydroxyl groups excluding tert-OH is 1. The largest absolute Gasteiger partial charge is 0.411 e. The first-order valence-electron chi connectivity index (χ1n) is 8.98. The van der Waals surface area contributed by atoms with E-state index < -0.39 is 0 Å². The van der Waals surface area contributed by atoms with Gasteiger partial charge in [-0.3, -0.25) is 0 Å². The van der Waals surface area contributed by atoms with Crippen LogP contribution in [-0.2, 0) is 0 Å². The van der Waals surface area contributed by atoms with Gasteiger partial charge in [0.25, 0.3) is 0 Å². The Morgan fingerprint density at radius 1 is 0.905 bits per heavy atom. The molecule has 1 unspecified atom stereocenters. The molecule has 0 aliphatic rings. The number of rotatable bonds is 14. The highest BCUT2D eigenvalue weighted by molar-refractivity contribution is 5.84. The standard InChI is InChI=1S/C18H37NO2/c1-4-5-6-7-8-9-10-11-12-13-17(19-21)15-18(20)14-16(2)3/h16,18,20-21H,4-15H2,1-3H3/b19-17+. The van der Waals surface area contributed by atoms with E-state index in [-0.39, 0.29) is 6.10 Å². The molecular weight excluding hydrogens is 262 g/mol. The monoisotopic (exact) mass is 299 g/mol. The molecule has 1 atom stereocenters. The van der Waals surface area contributed by atoms with Crippen molar-refractivity contribution in [2.75, 3.05) is 0 Å². The molecule has 0 aromatic heterocycles. The molecule has 0 radical (unpaired) electrons. The molecule has 0 amide bonds. The Hall–Kier alpha value is -0.570. The molecule has 0 saturated carbocycles. The Bertz CT molecular complexity index is 252. The average Bonchev–Trinajstić information content (AvgIpc) is 2.43. The van der Waals surface area contributed by atoms with Crippen molar-refractivity contribution in [1.29, 1.82) is 0 Å². The number of hydrogen-bond donors (Lipinski definition) is 2. The molecule has 0 aromatic rings. The maximum absolute atomic E-state index is 9.87. The van der Waals surface area contributed by atoms with Crippen LogP contribution >= 0.6 is 0 Å². The summed E-state index contributed by atoms with van der Waals surface area (Å²) >= 11 is 0. The zero-order valence-corrected chi connectivity index (χ0v) is 14.5. The van der Waals surface area contributed by atoms with Crippen LogP contribution < -0.4 is 0 Å². The average molecular weight is 299 g/mol. The number of unbranched alkanes of at least 4 members (excludes halogenated alkanes) is 8. The molecule has 0 saturated heterocycles. The fourth-order valence-corrected chi connectivity index (χ4v) is 2.73. The van der Waals surface area contributed by atoms with E-state index in [1.807, 2.05) is 0 Å². The third-order valence-corrected chi connectivity index (χ3v) is 3.93. The third kappa shape index (κ3) is 14.1. The van der Waals surface area contributed by atoms with E-state index in [1.165, 1.54) is 51.4 Å². The van der Waals surface area contributed by atoms with Gasteiger partial charge in [-0.2, -0.15) is 0 Å². The molecule has 0 aliphatic carbocycles. The summed E-state index contributed by atoms with van der Waals surface area (Å²) in [5.41, 5.74) is 0.756. The van der Waals surface area contributed by atoms with Crippen molar-refractivity contribution >= 4 is 5.71 Å². The van der Waals surface area contributed by atoms with Gasteiger partial charge in [-0.15, -0.1) is 0 Å². The second-order valence-electron chi connectivity index (χ2n) is 6.73. The number of nitrogens with zero attached hydrogens (tertiary/aromatic N) is 1. The van der Waals surface area contributed by atoms with Crippen molar-refractivity contribution in [3.63, 3.8) is 0 Å². The molecule has 21 heavy (non-hydrogen) atoms. The molecule has 126 valence electrons. The minimum Gasteiger partial charge on any atom is -0.411 e. The summed E-state index contributed by atoms with van der Waals surface area (Å²) in [6.45, 7) is 6.44. The molecule has 0 rings (SSSR count). The van der Waals surface area contributed by atoms with E-state index in [2.05, 4.69) is 25.9 Å². The molecule has 0 fully saturated rings. The van der Waals surface area contributed by atoms with E-state index in [1.54, 1.807) is 0 Å². The number of oxime groups is 1. The van der Waals surface area contributed by atoms with Gasteiger partial charge in [0, 0.05) is 6.42 Å². The summed E-state index contributed by atoms with van der Waals surface area (Å²) in [4.78, 5) is 0. The maximum atomic E-state index is 9.87. The first-order valence-corrected chi connectivity index (χ1v) is 8.98. The summed E-state index contributed by atoms with van der Waals surface area (Å²) < 4.78 is 0. The van der Waals surface area contributed by atoms with E-state index in [0.29, 0.717) is 12.3 Å². The van der Waals surface area contributed by atoms with Gasteiger partial charge in [-0.05, 0) is 25.2 Å². The fraction of sp³-hybridized carbons (Fsp3) is 0.944. The molecule has 3 nitrogen and oxygen atoms in total. The lowest BCUT2D eigenvalue weighted by atomic mass is 9.98. The second-order valence-corrected chi connectivity index (χ2v) is 6.73. The summed E-state index contributed by atoms with van der Waals surface area (Å²) in [5.74, 6) is 0.479. The van der Waals surface area contributed by atoms with Gasteiger partial charge < -0.3 is 10.3 Å². The maximum Gasteiger partial charge on any atom is 0.0596 e. The Balaban J connectivity index is 3.51. The van der Waals surface area contributed by atoms with Crippen molar-refractivity contribution in [2.24, 2.45) is 11.1 Å². The van der Waals surface area contributed by atoms with Crippen LogP contribution in [0.1, 0.15) is 97.8 Å². The zero-order chi connectivity index (χ0) is 15.9. The Labute approximate surface area is 131 Å². The summed E-state index contributed by atoms with van der Waals surface area (Å²) in [6.07, 6.45) is 13.4. The quantitative estimate of drug-likeness (QED) is 0.192. The van der Waals surface area contributed by atoms with Crippen LogP contribution in [0.4, 0.5) is 0 Å². The minimum atomic E-state index is -0.366. The molecule has 2 N–H and O–H groups in total. The highest BCUT2D eigenvalue weighted by Gasteiger charge is 2.11. The molecule has 0 bridgehead atoms. The lowest BCUT2D eigenvalue weighted by molar-refractivity contribution is 0.154. The van der Waals surface area contributed by atoms with Crippen LogP contribution in [0.15, 0.2) is 5.16 Å². The van der Waals surface area contributed by atoms with Crippen molar-refractivity contribution in [3.8, 4) is 0 Å². The first kappa shape index (κ1) is 20.4. The molecule has 0 aliphatic heterocycles. The predicted molar refractivity (Wildman–Crippen MR) is 91.1 cm³/mol. The zero-order valence-electron chi connectivity index (χ0n) is 14.5. The summed E-state index contributed by atoms with van der Waals surface area (Å²) in [6, 6.07) is 0. The minimum absolute atomic E-state index is 0.366. The van der Waals surface area contributed by atoms with Crippen LogP contribution in [0.2, 0.25) is 0 Å². The van der Waals surface area contributed by atoms with Gasteiger partial charge in [0.05, 0.1) is 11.8 Å². The van der Waals surface area contributed by atoms with Crippen LogP contribution in [0, 0.1) is 5.92 Å². The van der Waals surface area contributed by atoms with Gasteiger partial charge >= 0.3 is 0 Å². The van der Waals surface area contributed by atoms with Crippen molar-refractivity contribution < 1.29 is 10.3 Å². The highest BCUT2D eigenvalue weighted by Crippen LogP contribution is 2.14. The van der Waals surface area contributed by atoms with Crippen LogP contribution in [0.5, 0.6) is 0 Å². The number of hydrogen-bond acceptors (Lipinski definition) is 3. The molecule has 0 aromatic carbocycles. The van der Waals surface area contributed by atoms with Gasteiger partial charge in [0.1, 0.15) is 0 Å². The normalized spacial score (nSPS) is 13.9. The van der Waals surface area contributed by atoms with Crippen LogP contribution in [0.3, 0.4) is 0 Å². The first-order chi connectivity index (χ1) is 10.1. The third-order valence-electron chi connectivity index (χ3n) is 3.93. The van der Waals surface area contributed by atoms with E-state index in [9.17, 15) is 5.11 Å². The second kappa shape index (κ2) is 14.4. The smallest absolute Gasteiger partial charge is 0.0596 e. The molecular formula is C18H37NO2. The van der Waals surface area contributed by atoms with Crippen molar-refractivity contribution in [1.82, 2.24) is 0 Å². The molecule has 0 heterocycles. The Morgan fingerprint density at radius 2 is 1.43 bits per heavy atom.